The summed E-state index contributed by atoms with van der Waals surface area (Å²) >= 11 is 2.06. The average molecular weight is 244 g/mol. The molecule has 0 aromatic rings. The maximum Gasteiger partial charge on any atom is 0.0491 e. The lowest BCUT2D eigenvalue weighted by atomic mass is 9.90. The number of methoxy groups -OCH3 is 1. The summed E-state index contributed by atoms with van der Waals surface area (Å²) in [5.74, 6) is 3.29. The number of thioether (sulfide) groups is 1. The van der Waals surface area contributed by atoms with Crippen molar-refractivity contribution < 1.29 is 4.74 Å². The molecule has 3 nitrogen and oxygen atoms in total. The fraction of sp³-hybridized carbons (Fsp3) is 1.00. The van der Waals surface area contributed by atoms with Gasteiger partial charge < -0.3 is 10.5 Å². The van der Waals surface area contributed by atoms with Crippen LogP contribution in [0.3, 0.4) is 0 Å². The molecule has 1 unspecified atom stereocenters. The van der Waals surface area contributed by atoms with Crippen LogP contribution >= 0.6 is 11.8 Å². The Kier molecular flexibility index (Phi) is 4.53. The van der Waals surface area contributed by atoms with Gasteiger partial charge in [0.2, 0.25) is 0 Å². The van der Waals surface area contributed by atoms with Gasteiger partial charge in [-0.1, -0.05) is 0 Å². The van der Waals surface area contributed by atoms with Crippen LogP contribution in [0.15, 0.2) is 0 Å². The molecule has 2 aliphatic rings. The summed E-state index contributed by atoms with van der Waals surface area (Å²) in [6.07, 6.45) is 3.84. The van der Waals surface area contributed by atoms with Crippen molar-refractivity contribution in [3.8, 4) is 0 Å². The Morgan fingerprint density at radius 1 is 1.44 bits per heavy atom. The number of ether oxygens (including phenoxy) is 1. The van der Waals surface area contributed by atoms with Crippen molar-refractivity contribution in [2.45, 2.75) is 24.8 Å². The summed E-state index contributed by atoms with van der Waals surface area (Å²) < 4.78 is 5.25. The Morgan fingerprint density at radius 2 is 2.19 bits per heavy atom. The van der Waals surface area contributed by atoms with Gasteiger partial charge in [-0.25, -0.2) is 0 Å². The topological polar surface area (TPSA) is 38.5 Å². The Balaban J connectivity index is 1.87. The first-order valence-electron chi connectivity index (χ1n) is 6.32. The summed E-state index contributed by atoms with van der Waals surface area (Å²) in [6.45, 7) is 4.19. The zero-order valence-electron chi connectivity index (χ0n) is 10.3. The van der Waals surface area contributed by atoms with E-state index in [-0.39, 0.29) is 0 Å². The first kappa shape index (κ1) is 12.7. The van der Waals surface area contributed by atoms with Gasteiger partial charge >= 0.3 is 0 Å². The van der Waals surface area contributed by atoms with Crippen LogP contribution in [0, 0.1) is 5.92 Å². The number of rotatable bonds is 4. The number of hydrogen-bond acceptors (Lipinski definition) is 4. The van der Waals surface area contributed by atoms with Crippen molar-refractivity contribution in [2.24, 2.45) is 11.7 Å². The van der Waals surface area contributed by atoms with Gasteiger partial charge in [0.1, 0.15) is 0 Å². The van der Waals surface area contributed by atoms with Crippen molar-refractivity contribution >= 4 is 11.8 Å². The molecule has 0 bridgehead atoms. The fourth-order valence-electron chi connectivity index (χ4n) is 2.95. The lowest BCUT2D eigenvalue weighted by molar-refractivity contribution is 0.0462. The molecule has 16 heavy (non-hydrogen) atoms. The van der Waals surface area contributed by atoms with Crippen LogP contribution in [0.1, 0.15) is 19.3 Å². The molecule has 0 spiro atoms. The summed E-state index contributed by atoms with van der Waals surface area (Å²) in [4.78, 5) is 2.65. The highest BCUT2D eigenvalue weighted by Crippen LogP contribution is 2.35. The third-order valence-electron chi connectivity index (χ3n) is 4.15. The fourth-order valence-corrected chi connectivity index (χ4v) is 4.44. The molecule has 0 amide bonds. The normalized spacial score (nSPS) is 33.4. The van der Waals surface area contributed by atoms with Crippen molar-refractivity contribution in [2.75, 3.05) is 44.9 Å². The second-order valence-electron chi connectivity index (χ2n) is 5.12. The molecule has 2 fully saturated rings. The third kappa shape index (κ3) is 2.55. The highest BCUT2D eigenvalue weighted by Gasteiger charge is 2.40. The second kappa shape index (κ2) is 5.71. The smallest absolute Gasteiger partial charge is 0.0491 e. The minimum Gasteiger partial charge on any atom is -0.384 e. The number of hydrogen-bond donors (Lipinski definition) is 1. The first-order valence-corrected chi connectivity index (χ1v) is 7.48. The van der Waals surface area contributed by atoms with Crippen molar-refractivity contribution in [3.05, 3.63) is 0 Å². The van der Waals surface area contributed by atoms with E-state index in [1.54, 1.807) is 7.11 Å². The Labute approximate surface area is 103 Å². The van der Waals surface area contributed by atoms with Crippen molar-refractivity contribution in [3.63, 3.8) is 0 Å². The molecule has 4 heteroatoms. The third-order valence-corrected chi connectivity index (χ3v) is 5.38. The lowest BCUT2D eigenvalue weighted by Gasteiger charge is -2.44. The van der Waals surface area contributed by atoms with E-state index in [1.165, 1.54) is 43.9 Å². The molecule has 1 atom stereocenters. The van der Waals surface area contributed by atoms with E-state index >= 15 is 0 Å². The van der Waals surface area contributed by atoms with Crippen LogP contribution in [-0.2, 0) is 4.74 Å². The standard InChI is InChI=1S/C12H24N2OS/c1-15-8-11-2-5-14(6-3-11)12(9-13)4-7-16-10-12/h11H,2-10,13H2,1H3. The van der Waals surface area contributed by atoms with E-state index in [4.69, 9.17) is 10.5 Å². The predicted octanol–water partition coefficient (Wildman–Crippen LogP) is 1.18. The molecule has 94 valence electrons. The molecule has 0 aromatic heterocycles. The largest absolute Gasteiger partial charge is 0.384 e. The van der Waals surface area contributed by atoms with Gasteiger partial charge in [-0.2, -0.15) is 11.8 Å². The van der Waals surface area contributed by atoms with Crippen molar-refractivity contribution in [1.29, 1.82) is 0 Å². The summed E-state index contributed by atoms with van der Waals surface area (Å²) in [7, 11) is 1.81. The Morgan fingerprint density at radius 3 is 2.69 bits per heavy atom. The van der Waals surface area contributed by atoms with Gasteiger partial charge in [-0.3, -0.25) is 4.90 Å². The quantitative estimate of drug-likeness (QED) is 0.806. The zero-order chi connectivity index (χ0) is 11.4. The predicted molar refractivity (Wildman–Crippen MR) is 69.9 cm³/mol. The summed E-state index contributed by atoms with van der Waals surface area (Å²) in [5.41, 5.74) is 6.34. The SMILES string of the molecule is COCC1CCN(C2(CN)CCSC2)CC1. The molecular weight excluding hydrogens is 220 g/mol. The monoisotopic (exact) mass is 244 g/mol. The minimum absolute atomic E-state index is 0.322. The van der Waals surface area contributed by atoms with Crippen LogP contribution in [0.5, 0.6) is 0 Å². The first-order chi connectivity index (χ1) is 7.80. The molecule has 2 heterocycles. The molecule has 0 saturated carbocycles. The number of nitrogens with zero attached hydrogens (tertiary/aromatic N) is 1. The van der Waals surface area contributed by atoms with Crippen LogP contribution in [0.4, 0.5) is 0 Å². The van der Waals surface area contributed by atoms with Gasteiger partial charge in [0.05, 0.1) is 0 Å². The molecule has 0 aromatic carbocycles. The van der Waals surface area contributed by atoms with Gasteiger partial charge in [0.25, 0.3) is 0 Å². The molecule has 2 aliphatic heterocycles. The average Bonchev–Trinajstić information content (AvgIpc) is 2.80. The molecule has 0 aliphatic carbocycles. The van der Waals surface area contributed by atoms with Gasteiger partial charge in [-0.05, 0) is 44.0 Å². The van der Waals surface area contributed by atoms with Crippen LogP contribution in [0.25, 0.3) is 0 Å². The zero-order valence-corrected chi connectivity index (χ0v) is 11.1. The summed E-state index contributed by atoms with van der Waals surface area (Å²) in [6, 6.07) is 0. The van der Waals surface area contributed by atoms with Crippen LogP contribution < -0.4 is 5.73 Å². The van der Waals surface area contributed by atoms with Gasteiger partial charge in [-0.15, -0.1) is 0 Å². The lowest BCUT2D eigenvalue weighted by Crippen LogP contribution is -2.56. The number of likely N-dealkylation sites (tertiary alicyclic amines) is 1. The molecule has 2 saturated heterocycles. The van der Waals surface area contributed by atoms with E-state index < -0.39 is 0 Å². The molecular formula is C12H24N2OS. The Hall–Kier alpha value is 0.230. The van der Waals surface area contributed by atoms with Crippen LogP contribution in [0.2, 0.25) is 0 Å². The van der Waals surface area contributed by atoms with Gasteiger partial charge in [0.15, 0.2) is 0 Å². The van der Waals surface area contributed by atoms with E-state index in [9.17, 15) is 0 Å². The van der Waals surface area contributed by atoms with E-state index in [1.807, 2.05) is 0 Å². The second-order valence-corrected chi connectivity index (χ2v) is 6.22. The highest BCUT2D eigenvalue weighted by atomic mass is 32.2. The highest BCUT2D eigenvalue weighted by molar-refractivity contribution is 7.99. The summed E-state index contributed by atoms with van der Waals surface area (Å²) in [5, 5.41) is 0. The van der Waals surface area contributed by atoms with Crippen LogP contribution in [-0.4, -0.2) is 55.3 Å². The van der Waals surface area contributed by atoms with E-state index in [0.29, 0.717) is 5.54 Å². The van der Waals surface area contributed by atoms with Gasteiger partial charge in [0, 0.05) is 31.6 Å². The van der Waals surface area contributed by atoms with Crippen molar-refractivity contribution in [1.82, 2.24) is 4.90 Å². The molecule has 2 N–H and O–H groups in total. The molecule has 0 radical (unpaired) electrons. The maximum atomic E-state index is 6.01. The number of nitrogens with two attached hydrogens (primary N) is 1. The minimum atomic E-state index is 0.322. The number of piperidine rings is 1. The van der Waals surface area contributed by atoms with E-state index in [0.717, 1.165) is 19.1 Å². The maximum absolute atomic E-state index is 6.01. The Bertz CT molecular complexity index is 211. The molecule has 2 rings (SSSR count). The van der Waals surface area contributed by atoms with E-state index in [2.05, 4.69) is 16.7 Å².